The number of rotatable bonds is 6. The predicted octanol–water partition coefficient (Wildman–Crippen LogP) is 4.06. The number of thiazole rings is 1. The number of halogens is 1. The number of hydrogen-bond acceptors (Lipinski definition) is 5. The minimum Gasteiger partial charge on any atom is -0.351 e. The Morgan fingerprint density at radius 1 is 1.14 bits per heavy atom. The van der Waals surface area contributed by atoms with Crippen molar-refractivity contribution in [1.29, 1.82) is 0 Å². The fourth-order valence-corrected chi connectivity index (χ4v) is 4.80. The van der Waals surface area contributed by atoms with Crippen molar-refractivity contribution in [2.75, 3.05) is 44.2 Å². The topological polar surface area (TPSA) is 48.5 Å². The van der Waals surface area contributed by atoms with E-state index in [9.17, 15) is 4.79 Å². The van der Waals surface area contributed by atoms with E-state index in [0.717, 1.165) is 49.8 Å². The molecule has 2 heterocycles. The molecule has 1 aliphatic rings. The molecule has 1 aromatic heterocycles. The third-order valence-corrected chi connectivity index (χ3v) is 6.67. The van der Waals surface area contributed by atoms with Crippen LogP contribution in [0.1, 0.15) is 22.8 Å². The zero-order valence-electron chi connectivity index (χ0n) is 16.5. The van der Waals surface area contributed by atoms with Gasteiger partial charge in [0, 0.05) is 49.9 Å². The third-order valence-electron chi connectivity index (χ3n) is 5.33. The maximum Gasteiger partial charge on any atom is 0.251 e. The molecule has 4 rings (SSSR count). The number of carbonyl (C=O) groups excluding carboxylic acids is 1. The summed E-state index contributed by atoms with van der Waals surface area (Å²) in [6.07, 6.45) is 1.01. The van der Waals surface area contributed by atoms with Gasteiger partial charge in [-0.1, -0.05) is 42.0 Å². The molecular formula is C22H25ClN4OS. The van der Waals surface area contributed by atoms with Crippen LogP contribution < -0.4 is 10.2 Å². The molecule has 2 aromatic carbocycles. The molecular weight excluding hydrogens is 404 g/mol. The van der Waals surface area contributed by atoms with Crippen LogP contribution in [0.4, 0.5) is 5.13 Å². The number of anilines is 1. The number of hydrogen-bond donors (Lipinski definition) is 1. The smallest absolute Gasteiger partial charge is 0.251 e. The SMILES string of the molecule is CCc1cccc2sc(N3CCN(CCNC(=O)c4ccc(Cl)cc4)CC3)nc12. The first-order chi connectivity index (χ1) is 14.1. The van der Waals surface area contributed by atoms with Crippen molar-refractivity contribution in [1.82, 2.24) is 15.2 Å². The molecule has 0 unspecified atom stereocenters. The van der Waals surface area contributed by atoms with Gasteiger partial charge in [0.2, 0.25) is 0 Å². The van der Waals surface area contributed by atoms with Gasteiger partial charge in [-0.2, -0.15) is 0 Å². The highest BCUT2D eigenvalue weighted by atomic mass is 35.5. The van der Waals surface area contributed by atoms with Gasteiger partial charge in [-0.15, -0.1) is 0 Å². The molecule has 3 aromatic rings. The first-order valence-corrected chi connectivity index (χ1v) is 11.2. The fourth-order valence-electron chi connectivity index (χ4n) is 3.61. The molecule has 29 heavy (non-hydrogen) atoms. The van der Waals surface area contributed by atoms with Gasteiger partial charge in [0.25, 0.3) is 5.91 Å². The second-order valence-corrected chi connectivity index (χ2v) is 8.65. The summed E-state index contributed by atoms with van der Waals surface area (Å²) in [5, 5.41) is 4.75. The van der Waals surface area contributed by atoms with Crippen LogP contribution in [0.5, 0.6) is 0 Å². The summed E-state index contributed by atoms with van der Waals surface area (Å²) >= 11 is 7.66. The van der Waals surface area contributed by atoms with Crippen LogP contribution in [0, 0.1) is 0 Å². The number of nitrogens with one attached hydrogen (secondary N) is 1. The average Bonchev–Trinajstić information content (AvgIpc) is 3.19. The Morgan fingerprint density at radius 3 is 2.62 bits per heavy atom. The molecule has 152 valence electrons. The van der Waals surface area contributed by atoms with Crippen molar-refractivity contribution in [2.45, 2.75) is 13.3 Å². The van der Waals surface area contributed by atoms with E-state index in [2.05, 4.69) is 40.2 Å². The van der Waals surface area contributed by atoms with Gasteiger partial charge >= 0.3 is 0 Å². The zero-order valence-corrected chi connectivity index (χ0v) is 18.1. The number of amides is 1. The normalized spacial score (nSPS) is 15.0. The summed E-state index contributed by atoms with van der Waals surface area (Å²) in [5.41, 5.74) is 3.11. The Morgan fingerprint density at radius 2 is 1.90 bits per heavy atom. The van der Waals surface area contributed by atoms with Gasteiger partial charge in [-0.05, 0) is 42.3 Å². The lowest BCUT2D eigenvalue weighted by Crippen LogP contribution is -2.48. The highest BCUT2D eigenvalue weighted by Crippen LogP contribution is 2.31. The molecule has 0 aliphatic carbocycles. The molecule has 1 aliphatic heterocycles. The maximum absolute atomic E-state index is 12.2. The van der Waals surface area contributed by atoms with Crippen molar-refractivity contribution in [3.05, 3.63) is 58.6 Å². The Balaban J connectivity index is 1.26. The van der Waals surface area contributed by atoms with Crippen LogP contribution in [0.25, 0.3) is 10.2 Å². The Kier molecular flexibility index (Phi) is 6.33. The van der Waals surface area contributed by atoms with E-state index in [-0.39, 0.29) is 5.91 Å². The molecule has 7 heteroatoms. The van der Waals surface area contributed by atoms with Crippen LogP contribution in [-0.2, 0) is 6.42 Å². The Hall–Kier alpha value is -2.15. The predicted molar refractivity (Wildman–Crippen MR) is 121 cm³/mol. The van der Waals surface area contributed by atoms with Crippen molar-refractivity contribution in [2.24, 2.45) is 0 Å². The number of aromatic nitrogens is 1. The number of piperazine rings is 1. The first-order valence-electron chi connectivity index (χ1n) is 10.0. The lowest BCUT2D eigenvalue weighted by Gasteiger charge is -2.34. The van der Waals surface area contributed by atoms with Crippen molar-refractivity contribution in [3.8, 4) is 0 Å². The van der Waals surface area contributed by atoms with Gasteiger partial charge in [-0.25, -0.2) is 4.98 Å². The lowest BCUT2D eigenvalue weighted by molar-refractivity contribution is 0.0948. The molecule has 1 fully saturated rings. The van der Waals surface area contributed by atoms with Crippen LogP contribution in [0.2, 0.25) is 5.02 Å². The highest BCUT2D eigenvalue weighted by molar-refractivity contribution is 7.22. The summed E-state index contributed by atoms with van der Waals surface area (Å²) in [6, 6.07) is 13.4. The van der Waals surface area contributed by atoms with E-state index >= 15 is 0 Å². The molecule has 0 spiro atoms. The molecule has 0 radical (unpaired) electrons. The van der Waals surface area contributed by atoms with Crippen molar-refractivity contribution < 1.29 is 4.79 Å². The van der Waals surface area contributed by atoms with Crippen LogP contribution >= 0.6 is 22.9 Å². The molecule has 0 bridgehead atoms. The van der Waals surface area contributed by atoms with Crippen molar-refractivity contribution in [3.63, 3.8) is 0 Å². The minimum absolute atomic E-state index is 0.0542. The second-order valence-electron chi connectivity index (χ2n) is 7.21. The third kappa shape index (κ3) is 4.71. The largest absolute Gasteiger partial charge is 0.351 e. The number of benzene rings is 2. The number of aryl methyl sites for hydroxylation is 1. The van der Waals surface area contributed by atoms with E-state index in [1.807, 2.05) is 0 Å². The van der Waals surface area contributed by atoms with Gasteiger partial charge < -0.3 is 10.2 Å². The zero-order chi connectivity index (χ0) is 20.2. The second kappa shape index (κ2) is 9.11. The molecule has 1 saturated heterocycles. The van der Waals surface area contributed by atoms with E-state index in [4.69, 9.17) is 16.6 Å². The average molecular weight is 429 g/mol. The van der Waals surface area contributed by atoms with E-state index in [0.29, 0.717) is 17.1 Å². The van der Waals surface area contributed by atoms with Gasteiger partial charge in [0.1, 0.15) is 0 Å². The number of nitrogens with zero attached hydrogens (tertiary/aromatic N) is 3. The maximum atomic E-state index is 12.2. The lowest BCUT2D eigenvalue weighted by atomic mass is 10.1. The van der Waals surface area contributed by atoms with Crippen LogP contribution in [0.15, 0.2) is 42.5 Å². The van der Waals surface area contributed by atoms with Gasteiger partial charge in [0.05, 0.1) is 10.2 Å². The number of fused-ring (bicyclic) bond motifs is 1. The fraction of sp³-hybridized carbons (Fsp3) is 0.364. The monoisotopic (exact) mass is 428 g/mol. The quantitative estimate of drug-likeness (QED) is 0.643. The first kappa shape index (κ1) is 20.1. The van der Waals surface area contributed by atoms with E-state index in [1.54, 1.807) is 35.6 Å². The van der Waals surface area contributed by atoms with Gasteiger partial charge in [0.15, 0.2) is 5.13 Å². The number of carbonyl (C=O) groups is 1. The van der Waals surface area contributed by atoms with E-state index < -0.39 is 0 Å². The van der Waals surface area contributed by atoms with Crippen LogP contribution in [0.3, 0.4) is 0 Å². The Labute approximate surface area is 180 Å². The molecule has 0 saturated carbocycles. The molecule has 1 N–H and O–H groups in total. The minimum atomic E-state index is -0.0542. The summed E-state index contributed by atoms with van der Waals surface area (Å²) < 4.78 is 1.27. The van der Waals surface area contributed by atoms with E-state index in [1.165, 1.54) is 10.3 Å². The summed E-state index contributed by atoms with van der Waals surface area (Å²) in [5.74, 6) is -0.0542. The standard InChI is InChI=1S/C22H25ClN4OS/c1-2-16-4-3-5-19-20(16)25-22(29-19)27-14-12-26(13-15-27)11-10-24-21(28)17-6-8-18(23)9-7-17/h3-9H,2,10-15H2,1H3,(H,24,28). The summed E-state index contributed by atoms with van der Waals surface area (Å²) in [6.45, 7) is 7.56. The summed E-state index contributed by atoms with van der Waals surface area (Å²) in [7, 11) is 0. The molecule has 5 nitrogen and oxygen atoms in total. The van der Waals surface area contributed by atoms with Crippen LogP contribution in [-0.4, -0.2) is 55.1 Å². The summed E-state index contributed by atoms with van der Waals surface area (Å²) in [4.78, 5) is 21.9. The van der Waals surface area contributed by atoms with Crippen molar-refractivity contribution >= 4 is 44.2 Å². The highest BCUT2D eigenvalue weighted by Gasteiger charge is 2.20. The van der Waals surface area contributed by atoms with Gasteiger partial charge in [-0.3, -0.25) is 9.69 Å². The Bertz CT molecular complexity index is 980. The molecule has 0 atom stereocenters. The molecule has 1 amide bonds. The number of para-hydroxylation sites is 1.